The minimum absolute atomic E-state index is 0.0362. The van der Waals surface area contributed by atoms with Gasteiger partial charge in [-0.15, -0.1) is 0 Å². The number of carbonyl (C=O) groups is 1. The highest BCUT2D eigenvalue weighted by molar-refractivity contribution is 7.89. The van der Waals surface area contributed by atoms with Crippen LogP contribution in [-0.2, 0) is 21.8 Å². The number of hydrogen-bond donors (Lipinski definition) is 1. The van der Waals surface area contributed by atoms with Crippen LogP contribution in [0, 0.1) is 11.3 Å². The third-order valence-electron chi connectivity index (χ3n) is 6.26. The van der Waals surface area contributed by atoms with Crippen molar-refractivity contribution >= 4 is 16.1 Å². The number of imidazole rings is 1. The highest BCUT2D eigenvalue weighted by atomic mass is 32.2. The molecular weight excluding hydrogens is 460 g/mol. The molecule has 0 spiro atoms. The number of sulfonamides is 1. The van der Waals surface area contributed by atoms with Crippen molar-refractivity contribution in [1.82, 2.24) is 24.1 Å². The number of hydrogen-bond acceptors (Lipinski definition) is 8. The first-order valence-electron chi connectivity index (χ1n) is 11.0. The Hall–Kier alpha value is -3.14. The van der Waals surface area contributed by atoms with Crippen molar-refractivity contribution in [3.63, 3.8) is 0 Å². The number of nitrogens with zero attached hydrogens (tertiary/aromatic N) is 5. The molecule has 2 saturated heterocycles. The molecule has 1 aromatic heterocycles. The van der Waals surface area contributed by atoms with Crippen LogP contribution >= 0.6 is 0 Å². The third-order valence-corrected chi connectivity index (χ3v) is 7.98. The summed E-state index contributed by atoms with van der Waals surface area (Å²) >= 11 is 0. The number of amides is 1. The van der Waals surface area contributed by atoms with Crippen molar-refractivity contribution in [3.8, 4) is 11.8 Å². The zero-order valence-electron chi connectivity index (χ0n) is 19.1. The van der Waals surface area contributed by atoms with Crippen LogP contribution in [0.1, 0.15) is 18.4 Å². The van der Waals surface area contributed by atoms with Crippen LogP contribution in [0.15, 0.2) is 41.8 Å². The highest BCUT2D eigenvalue weighted by Crippen LogP contribution is 2.32. The molecule has 1 N–H and O–H groups in total. The number of fused-ring (bicyclic) bond motifs is 2. The zero-order valence-corrected chi connectivity index (χ0v) is 19.9. The van der Waals surface area contributed by atoms with Crippen LogP contribution in [0.2, 0.25) is 0 Å². The number of aromatic nitrogens is 2. The fraction of sp³-hybridized carbons (Fsp3) is 0.500. The lowest BCUT2D eigenvalue weighted by atomic mass is 10.1. The Morgan fingerprint density at radius 2 is 1.94 bits per heavy atom. The molecule has 2 aliphatic heterocycles. The number of benzene rings is 1. The number of alkyl carbamates (subject to hydrolysis) is 1. The van der Waals surface area contributed by atoms with Gasteiger partial charge in [-0.05, 0) is 37.1 Å². The molecule has 2 unspecified atom stereocenters. The second-order valence-electron chi connectivity index (χ2n) is 8.56. The second-order valence-corrected chi connectivity index (χ2v) is 10.4. The lowest BCUT2D eigenvalue weighted by Gasteiger charge is -2.41. The van der Waals surface area contributed by atoms with Gasteiger partial charge in [0, 0.05) is 45.0 Å². The number of ether oxygens (including phenoxy) is 2. The number of rotatable bonds is 8. The summed E-state index contributed by atoms with van der Waals surface area (Å²) in [5.74, 6) is 0.588. The molecule has 12 heteroatoms. The maximum Gasteiger partial charge on any atom is 0.407 e. The van der Waals surface area contributed by atoms with E-state index < -0.39 is 16.1 Å². The fourth-order valence-electron chi connectivity index (χ4n) is 4.54. The number of nitriles is 1. The van der Waals surface area contributed by atoms with Crippen molar-refractivity contribution in [3.05, 3.63) is 42.4 Å². The van der Waals surface area contributed by atoms with Crippen LogP contribution in [0.25, 0.3) is 0 Å². The molecule has 1 aromatic carbocycles. The molecule has 2 fully saturated rings. The predicted octanol–water partition coefficient (Wildman–Crippen LogP) is 0.933. The molecule has 0 radical (unpaired) electrons. The molecule has 0 aliphatic carbocycles. The Labute approximate surface area is 198 Å². The van der Waals surface area contributed by atoms with Gasteiger partial charge < -0.3 is 19.4 Å². The summed E-state index contributed by atoms with van der Waals surface area (Å²) in [5, 5.41) is 11.8. The molecular formula is C22H28N6O5S. The lowest BCUT2D eigenvalue weighted by molar-refractivity contribution is 0.0858. The SMILES string of the molecule is COC(=O)N[C@H](COc1ccc(C#N)cc1)CN1C2CCC1CN(S(=O)(=O)c1cn(C)cn1)C2. The van der Waals surface area contributed by atoms with E-state index in [1.54, 1.807) is 35.9 Å². The average Bonchev–Trinajstić information content (AvgIpc) is 3.36. The smallest absolute Gasteiger partial charge is 0.407 e. The van der Waals surface area contributed by atoms with Crippen molar-refractivity contribution < 1.29 is 22.7 Å². The highest BCUT2D eigenvalue weighted by Gasteiger charge is 2.45. The molecule has 182 valence electrons. The van der Waals surface area contributed by atoms with Crippen molar-refractivity contribution in [2.75, 3.05) is 33.4 Å². The van der Waals surface area contributed by atoms with E-state index in [4.69, 9.17) is 14.7 Å². The van der Waals surface area contributed by atoms with Gasteiger partial charge in [-0.3, -0.25) is 4.90 Å². The van der Waals surface area contributed by atoms with Gasteiger partial charge in [-0.25, -0.2) is 18.2 Å². The van der Waals surface area contributed by atoms with E-state index in [9.17, 15) is 13.2 Å². The van der Waals surface area contributed by atoms with E-state index >= 15 is 0 Å². The average molecular weight is 489 g/mol. The summed E-state index contributed by atoms with van der Waals surface area (Å²) in [6.07, 6.45) is 4.19. The summed E-state index contributed by atoms with van der Waals surface area (Å²) in [5.41, 5.74) is 0.534. The first-order valence-corrected chi connectivity index (χ1v) is 12.5. The van der Waals surface area contributed by atoms with E-state index in [2.05, 4.69) is 21.3 Å². The maximum absolute atomic E-state index is 13.1. The Morgan fingerprint density at radius 3 is 2.50 bits per heavy atom. The predicted molar refractivity (Wildman–Crippen MR) is 121 cm³/mol. The van der Waals surface area contributed by atoms with Gasteiger partial charge in [0.25, 0.3) is 10.0 Å². The topological polar surface area (TPSA) is 130 Å². The molecule has 34 heavy (non-hydrogen) atoms. The minimum atomic E-state index is -3.66. The van der Waals surface area contributed by atoms with E-state index in [-0.39, 0.29) is 29.8 Å². The Kier molecular flexibility index (Phi) is 7.06. The van der Waals surface area contributed by atoms with E-state index in [1.807, 2.05) is 0 Å². The fourth-order valence-corrected chi connectivity index (χ4v) is 6.02. The summed E-state index contributed by atoms with van der Waals surface area (Å²) in [7, 11) is -0.614. The van der Waals surface area contributed by atoms with Crippen LogP contribution in [-0.4, -0.2) is 84.7 Å². The van der Waals surface area contributed by atoms with Gasteiger partial charge >= 0.3 is 6.09 Å². The van der Waals surface area contributed by atoms with Crippen molar-refractivity contribution in [2.45, 2.75) is 36.0 Å². The van der Waals surface area contributed by atoms with Crippen LogP contribution in [0.3, 0.4) is 0 Å². The summed E-state index contributed by atoms with van der Waals surface area (Å²) in [6, 6.07) is 8.51. The van der Waals surface area contributed by atoms with Crippen LogP contribution < -0.4 is 10.1 Å². The van der Waals surface area contributed by atoms with Gasteiger partial charge in [0.15, 0.2) is 5.03 Å². The summed E-state index contributed by atoms with van der Waals surface area (Å²) in [4.78, 5) is 18.2. The van der Waals surface area contributed by atoms with Crippen molar-refractivity contribution in [1.29, 1.82) is 5.26 Å². The first kappa shape index (κ1) is 24.0. The van der Waals surface area contributed by atoms with Gasteiger partial charge in [0.2, 0.25) is 0 Å². The van der Waals surface area contributed by atoms with E-state index in [0.717, 1.165) is 12.8 Å². The second kappa shape index (κ2) is 10.0. The van der Waals surface area contributed by atoms with E-state index in [0.29, 0.717) is 30.9 Å². The Morgan fingerprint density at radius 1 is 1.26 bits per heavy atom. The standard InChI is InChI=1S/C22H28N6O5S/c1-26-13-21(24-15-26)34(30,31)27-11-18-5-6-19(12-27)28(18)10-17(25-22(29)32-2)14-33-20-7-3-16(9-23)4-8-20/h3-4,7-8,13,15,17-19H,5-6,10-12,14H2,1-2H3,(H,25,29)/t17-,18?,19?/m0/s1. The molecule has 2 aliphatic rings. The number of methoxy groups -OCH3 is 1. The van der Waals surface area contributed by atoms with Crippen LogP contribution in [0.5, 0.6) is 5.75 Å². The zero-order chi connectivity index (χ0) is 24.3. The number of nitrogens with one attached hydrogen (secondary N) is 1. The van der Waals surface area contributed by atoms with E-state index in [1.165, 1.54) is 23.9 Å². The molecule has 3 heterocycles. The number of carbonyl (C=O) groups excluding carboxylic acids is 1. The van der Waals surface area contributed by atoms with Gasteiger partial charge in [-0.1, -0.05) is 0 Å². The summed E-state index contributed by atoms with van der Waals surface area (Å²) < 4.78 is 39.9. The molecule has 2 aromatic rings. The molecule has 4 rings (SSSR count). The normalized spacial score (nSPS) is 21.6. The Balaban J connectivity index is 1.42. The quantitative estimate of drug-likeness (QED) is 0.581. The lowest BCUT2D eigenvalue weighted by Crippen LogP contribution is -2.59. The summed E-state index contributed by atoms with van der Waals surface area (Å²) in [6.45, 7) is 1.44. The molecule has 1 amide bonds. The number of piperazine rings is 1. The van der Waals surface area contributed by atoms with Gasteiger partial charge in [0.05, 0.1) is 31.1 Å². The minimum Gasteiger partial charge on any atom is -0.491 e. The van der Waals surface area contributed by atoms with Gasteiger partial charge in [0.1, 0.15) is 12.4 Å². The Bertz CT molecular complexity index is 1150. The first-order chi connectivity index (χ1) is 16.3. The largest absolute Gasteiger partial charge is 0.491 e. The van der Waals surface area contributed by atoms with Crippen LogP contribution in [0.4, 0.5) is 4.79 Å². The van der Waals surface area contributed by atoms with Crippen molar-refractivity contribution in [2.24, 2.45) is 7.05 Å². The molecule has 11 nitrogen and oxygen atoms in total. The molecule has 2 bridgehead atoms. The maximum atomic E-state index is 13.1. The molecule has 3 atom stereocenters. The van der Waals surface area contributed by atoms with Gasteiger partial charge in [-0.2, -0.15) is 9.57 Å². The number of aryl methyl sites for hydroxylation is 1. The molecule has 0 saturated carbocycles. The third kappa shape index (κ3) is 5.16. The monoisotopic (exact) mass is 488 g/mol.